The Hall–Kier alpha value is -3.29. The van der Waals surface area contributed by atoms with Crippen LogP contribution in [-0.2, 0) is 6.61 Å². The number of halogens is 2. The van der Waals surface area contributed by atoms with Gasteiger partial charge in [0.15, 0.2) is 0 Å². The topological polar surface area (TPSA) is 56.5 Å². The predicted molar refractivity (Wildman–Crippen MR) is 153 cm³/mol. The predicted octanol–water partition coefficient (Wildman–Crippen LogP) is 7.66. The molecule has 0 aliphatic rings. The van der Waals surface area contributed by atoms with Crippen molar-refractivity contribution in [3.63, 3.8) is 0 Å². The second kappa shape index (κ2) is 10.4. The van der Waals surface area contributed by atoms with Crippen LogP contribution in [0.4, 0.5) is 0 Å². The summed E-state index contributed by atoms with van der Waals surface area (Å²) < 4.78 is 9.14. The van der Waals surface area contributed by atoms with Gasteiger partial charge in [0.05, 0.1) is 21.6 Å². The van der Waals surface area contributed by atoms with Crippen LogP contribution in [0.2, 0.25) is 0 Å². The Labute approximate surface area is 225 Å². The van der Waals surface area contributed by atoms with E-state index in [0.717, 1.165) is 25.8 Å². The molecule has 0 aliphatic heterocycles. The van der Waals surface area contributed by atoms with Crippen LogP contribution in [0.25, 0.3) is 21.7 Å². The third-order valence-corrected chi connectivity index (χ3v) is 7.00. The van der Waals surface area contributed by atoms with Crippen molar-refractivity contribution >= 4 is 59.7 Å². The van der Waals surface area contributed by atoms with E-state index in [1.807, 2.05) is 62.4 Å². The van der Waals surface area contributed by atoms with Crippen molar-refractivity contribution in [2.24, 2.45) is 5.10 Å². The number of nitrogens with zero attached hydrogens (tertiary/aromatic N) is 3. The van der Waals surface area contributed by atoms with E-state index in [-0.39, 0.29) is 11.5 Å². The smallest absolute Gasteiger partial charge is 0.282 e. The van der Waals surface area contributed by atoms with Crippen molar-refractivity contribution < 1.29 is 4.74 Å². The summed E-state index contributed by atoms with van der Waals surface area (Å²) in [5.74, 6) is 1.37. The SMILES string of the molecule is CC(C)c1nc2ccc(Br)cc2c(=O)n1N=Cc1ccc(OCc2cccc3ccccc23)c(Br)c1. The van der Waals surface area contributed by atoms with Crippen LogP contribution in [0.5, 0.6) is 5.75 Å². The van der Waals surface area contributed by atoms with E-state index in [2.05, 4.69) is 61.2 Å². The second-order valence-corrected chi connectivity index (χ2v) is 10.5. The van der Waals surface area contributed by atoms with Gasteiger partial charge in [0, 0.05) is 10.4 Å². The summed E-state index contributed by atoms with van der Waals surface area (Å²) in [6.45, 7) is 4.45. The molecular formula is C29H23Br2N3O2. The molecule has 0 saturated heterocycles. The van der Waals surface area contributed by atoms with Crippen molar-refractivity contribution in [2.45, 2.75) is 26.4 Å². The molecule has 5 nitrogen and oxygen atoms in total. The van der Waals surface area contributed by atoms with Gasteiger partial charge in [-0.05, 0) is 74.2 Å². The summed E-state index contributed by atoms with van der Waals surface area (Å²) in [6, 6.07) is 25.7. The Bertz CT molecular complexity index is 1670. The monoisotopic (exact) mass is 603 g/mol. The summed E-state index contributed by atoms with van der Waals surface area (Å²) in [4.78, 5) is 17.9. The molecule has 0 saturated carbocycles. The largest absolute Gasteiger partial charge is 0.488 e. The minimum absolute atomic E-state index is 0.0273. The first-order chi connectivity index (χ1) is 17.4. The van der Waals surface area contributed by atoms with Gasteiger partial charge in [0.2, 0.25) is 0 Å². The second-order valence-electron chi connectivity index (χ2n) is 8.76. The third kappa shape index (κ3) is 4.99. The first-order valence-electron chi connectivity index (χ1n) is 11.6. The number of hydrogen-bond acceptors (Lipinski definition) is 4. The third-order valence-electron chi connectivity index (χ3n) is 5.89. The standard InChI is InChI=1S/C29H23Br2N3O2/c1-18(2)28-33-26-12-11-22(30)15-24(26)29(35)34(28)32-16-19-10-13-27(25(31)14-19)36-17-21-8-5-7-20-6-3-4-9-23(20)21/h3-16,18H,17H2,1-2H3. The van der Waals surface area contributed by atoms with E-state index in [1.54, 1.807) is 12.3 Å². The number of hydrogen-bond donors (Lipinski definition) is 0. The molecule has 36 heavy (non-hydrogen) atoms. The fourth-order valence-corrected chi connectivity index (χ4v) is 4.94. The molecule has 0 spiro atoms. The van der Waals surface area contributed by atoms with Crippen molar-refractivity contribution in [1.29, 1.82) is 0 Å². The van der Waals surface area contributed by atoms with E-state index >= 15 is 0 Å². The lowest BCUT2D eigenvalue weighted by molar-refractivity contribution is 0.305. The summed E-state index contributed by atoms with van der Waals surface area (Å²) in [5, 5.41) is 7.41. The number of ether oxygens (including phenoxy) is 1. The van der Waals surface area contributed by atoms with E-state index in [0.29, 0.717) is 23.3 Å². The maximum atomic E-state index is 13.2. The molecule has 0 unspecified atom stereocenters. The summed E-state index contributed by atoms with van der Waals surface area (Å²) in [7, 11) is 0. The summed E-state index contributed by atoms with van der Waals surface area (Å²) in [6.07, 6.45) is 1.66. The van der Waals surface area contributed by atoms with Crippen LogP contribution in [0.3, 0.4) is 0 Å². The highest BCUT2D eigenvalue weighted by atomic mass is 79.9. The zero-order valence-corrected chi connectivity index (χ0v) is 23.0. The van der Waals surface area contributed by atoms with Crippen molar-refractivity contribution in [2.75, 3.05) is 0 Å². The highest BCUT2D eigenvalue weighted by Crippen LogP contribution is 2.28. The molecule has 5 rings (SSSR count). The fourth-order valence-electron chi connectivity index (χ4n) is 4.06. The number of rotatable bonds is 6. The molecule has 4 aromatic carbocycles. The Balaban J connectivity index is 1.41. The normalized spacial score (nSPS) is 11.7. The molecule has 1 aromatic heterocycles. The van der Waals surface area contributed by atoms with Crippen LogP contribution in [0, 0.1) is 0 Å². The molecule has 0 radical (unpaired) electrons. The molecule has 7 heteroatoms. The quantitative estimate of drug-likeness (QED) is 0.187. The molecule has 1 heterocycles. The molecule has 180 valence electrons. The molecule has 0 amide bonds. The van der Waals surface area contributed by atoms with E-state index < -0.39 is 0 Å². The number of fused-ring (bicyclic) bond motifs is 2. The van der Waals surface area contributed by atoms with Gasteiger partial charge in [-0.1, -0.05) is 72.2 Å². The lowest BCUT2D eigenvalue weighted by Crippen LogP contribution is -2.23. The first kappa shape index (κ1) is 24.4. The van der Waals surface area contributed by atoms with Gasteiger partial charge in [-0.3, -0.25) is 4.79 Å². The summed E-state index contributed by atoms with van der Waals surface area (Å²) in [5.41, 5.74) is 2.42. The molecule has 0 fully saturated rings. The Morgan fingerprint density at radius 3 is 2.58 bits per heavy atom. The summed E-state index contributed by atoms with van der Waals surface area (Å²) >= 11 is 7.05. The molecule has 0 bridgehead atoms. The van der Waals surface area contributed by atoms with Crippen molar-refractivity contribution in [3.05, 3.63) is 115 Å². The minimum atomic E-state index is -0.199. The number of benzene rings is 4. The van der Waals surface area contributed by atoms with Gasteiger partial charge >= 0.3 is 0 Å². The molecular weight excluding hydrogens is 582 g/mol. The van der Waals surface area contributed by atoms with Crippen LogP contribution >= 0.6 is 31.9 Å². The lowest BCUT2D eigenvalue weighted by Gasteiger charge is -2.12. The average molecular weight is 605 g/mol. The Morgan fingerprint density at radius 1 is 0.972 bits per heavy atom. The van der Waals surface area contributed by atoms with Crippen LogP contribution in [0.15, 0.2) is 97.7 Å². The van der Waals surface area contributed by atoms with Crippen LogP contribution < -0.4 is 10.3 Å². The van der Waals surface area contributed by atoms with Crippen molar-refractivity contribution in [3.8, 4) is 5.75 Å². The average Bonchev–Trinajstić information content (AvgIpc) is 2.87. The van der Waals surface area contributed by atoms with Crippen molar-refractivity contribution in [1.82, 2.24) is 9.66 Å². The van der Waals surface area contributed by atoms with E-state index in [4.69, 9.17) is 9.72 Å². The van der Waals surface area contributed by atoms with Gasteiger partial charge < -0.3 is 4.74 Å². The van der Waals surface area contributed by atoms with Gasteiger partial charge in [-0.25, -0.2) is 4.98 Å². The van der Waals surface area contributed by atoms with Gasteiger partial charge in [-0.15, -0.1) is 0 Å². The maximum absolute atomic E-state index is 13.2. The molecule has 5 aromatic rings. The molecule has 0 aliphatic carbocycles. The highest BCUT2D eigenvalue weighted by Gasteiger charge is 2.14. The zero-order chi connectivity index (χ0) is 25.2. The van der Waals surface area contributed by atoms with Gasteiger partial charge in [0.1, 0.15) is 18.2 Å². The highest BCUT2D eigenvalue weighted by molar-refractivity contribution is 9.10. The maximum Gasteiger partial charge on any atom is 0.282 e. The van der Waals surface area contributed by atoms with E-state index in [9.17, 15) is 4.79 Å². The van der Waals surface area contributed by atoms with Gasteiger partial charge in [-0.2, -0.15) is 9.78 Å². The number of aromatic nitrogens is 2. The fraction of sp³-hybridized carbons (Fsp3) is 0.138. The van der Waals surface area contributed by atoms with Crippen LogP contribution in [0.1, 0.15) is 36.7 Å². The Kier molecular flexibility index (Phi) is 7.03. The zero-order valence-electron chi connectivity index (χ0n) is 19.8. The molecule has 0 atom stereocenters. The molecule has 0 N–H and O–H groups in total. The first-order valence-corrected chi connectivity index (χ1v) is 13.1. The van der Waals surface area contributed by atoms with Crippen LogP contribution in [-0.4, -0.2) is 15.9 Å². The van der Waals surface area contributed by atoms with Gasteiger partial charge in [0.25, 0.3) is 5.56 Å². The Morgan fingerprint density at radius 2 is 1.78 bits per heavy atom. The minimum Gasteiger partial charge on any atom is -0.488 e. The lowest BCUT2D eigenvalue weighted by atomic mass is 10.1. The van der Waals surface area contributed by atoms with E-state index in [1.165, 1.54) is 15.4 Å².